The summed E-state index contributed by atoms with van der Waals surface area (Å²) in [5, 5.41) is 13.5. The topological polar surface area (TPSA) is 101 Å². The number of anilines is 3. The van der Waals surface area contributed by atoms with E-state index in [0.29, 0.717) is 33.6 Å². The van der Waals surface area contributed by atoms with Crippen molar-refractivity contribution >= 4 is 40.7 Å². The third-order valence-electron chi connectivity index (χ3n) is 4.71. The molecule has 9 heteroatoms. The molecule has 0 radical (unpaired) electrons. The Balaban J connectivity index is 1.73. The molecule has 4 rings (SSSR count). The predicted molar refractivity (Wildman–Crippen MR) is 115 cm³/mol. The van der Waals surface area contributed by atoms with Crippen LogP contribution >= 0.6 is 11.6 Å². The van der Waals surface area contributed by atoms with Gasteiger partial charge in [0.15, 0.2) is 0 Å². The Morgan fingerprint density at radius 1 is 1.10 bits per heavy atom. The third kappa shape index (κ3) is 3.77. The second-order valence-electron chi connectivity index (χ2n) is 6.83. The zero-order valence-electron chi connectivity index (χ0n) is 16.3. The van der Waals surface area contributed by atoms with Crippen LogP contribution in [0.15, 0.2) is 66.1 Å². The number of nitrogens with one attached hydrogen (secondary N) is 3. The number of halogens is 1. The first-order chi connectivity index (χ1) is 14.4. The van der Waals surface area contributed by atoms with Gasteiger partial charge in [0, 0.05) is 18.3 Å². The Morgan fingerprint density at radius 3 is 2.53 bits per heavy atom. The van der Waals surface area contributed by atoms with Gasteiger partial charge < -0.3 is 16.0 Å². The fourth-order valence-corrected chi connectivity index (χ4v) is 3.58. The van der Waals surface area contributed by atoms with Crippen LogP contribution in [0, 0.1) is 0 Å². The van der Waals surface area contributed by atoms with Gasteiger partial charge in [-0.2, -0.15) is 10.1 Å². The molecular weight excluding hydrogens is 404 g/mol. The van der Waals surface area contributed by atoms with Crippen LogP contribution in [0.2, 0.25) is 5.02 Å². The van der Waals surface area contributed by atoms with Crippen molar-refractivity contribution in [3.8, 4) is 0 Å². The number of fused-ring (bicyclic) bond motifs is 1. The van der Waals surface area contributed by atoms with Crippen molar-refractivity contribution in [3.05, 3.63) is 76.7 Å². The number of hydrogen-bond donors (Lipinski definition) is 3. The summed E-state index contributed by atoms with van der Waals surface area (Å²) in [7, 11) is 0. The van der Waals surface area contributed by atoms with Gasteiger partial charge in [0.05, 0.1) is 16.3 Å². The lowest BCUT2D eigenvalue weighted by Gasteiger charge is -2.29. The van der Waals surface area contributed by atoms with Crippen LogP contribution in [0.3, 0.4) is 0 Å². The van der Waals surface area contributed by atoms with Gasteiger partial charge in [-0.15, -0.1) is 0 Å². The molecule has 8 nitrogen and oxygen atoms in total. The van der Waals surface area contributed by atoms with Crippen LogP contribution < -0.4 is 16.0 Å². The Morgan fingerprint density at radius 2 is 1.83 bits per heavy atom. The molecule has 152 valence electrons. The van der Waals surface area contributed by atoms with Crippen LogP contribution in [-0.4, -0.2) is 26.6 Å². The number of para-hydroxylation sites is 1. The summed E-state index contributed by atoms with van der Waals surface area (Å²) in [6.07, 6.45) is 1.43. The molecule has 3 N–H and O–H groups in total. The highest BCUT2D eigenvalue weighted by Crippen LogP contribution is 2.36. The molecular formula is C21H19ClN6O2. The lowest BCUT2D eigenvalue weighted by Crippen LogP contribution is -2.31. The molecule has 2 aromatic carbocycles. The number of rotatable bonds is 4. The van der Waals surface area contributed by atoms with E-state index in [-0.39, 0.29) is 11.8 Å². The Labute approximate surface area is 178 Å². The molecule has 0 spiro atoms. The van der Waals surface area contributed by atoms with Crippen molar-refractivity contribution in [1.29, 1.82) is 0 Å². The average molecular weight is 423 g/mol. The van der Waals surface area contributed by atoms with Gasteiger partial charge in [-0.1, -0.05) is 35.9 Å². The zero-order chi connectivity index (χ0) is 21.3. The van der Waals surface area contributed by atoms with E-state index in [1.54, 1.807) is 41.1 Å². The summed E-state index contributed by atoms with van der Waals surface area (Å²) < 4.78 is 1.65. The number of allylic oxidation sites excluding steroid dienone is 1. The van der Waals surface area contributed by atoms with E-state index in [2.05, 4.69) is 26.0 Å². The van der Waals surface area contributed by atoms with Crippen molar-refractivity contribution in [3.63, 3.8) is 0 Å². The summed E-state index contributed by atoms with van der Waals surface area (Å²) in [4.78, 5) is 28.8. The fourth-order valence-electron chi connectivity index (χ4n) is 3.40. The first kappa shape index (κ1) is 19.7. The van der Waals surface area contributed by atoms with Crippen molar-refractivity contribution in [2.24, 2.45) is 0 Å². The highest BCUT2D eigenvalue weighted by molar-refractivity contribution is 6.33. The second kappa shape index (κ2) is 8.00. The molecule has 1 unspecified atom stereocenters. The summed E-state index contributed by atoms with van der Waals surface area (Å²) >= 11 is 6.21. The van der Waals surface area contributed by atoms with Crippen LogP contribution in [0.4, 0.5) is 17.3 Å². The molecule has 0 saturated heterocycles. The van der Waals surface area contributed by atoms with Crippen molar-refractivity contribution in [1.82, 2.24) is 14.8 Å². The smallest absolute Gasteiger partial charge is 0.255 e. The predicted octanol–water partition coefficient (Wildman–Crippen LogP) is 3.82. The van der Waals surface area contributed by atoms with Gasteiger partial charge in [-0.3, -0.25) is 9.59 Å². The van der Waals surface area contributed by atoms with E-state index >= 15 is 0 Å². The molecule has 0 saturated carbocycles. The van der Waals surface area contributed by atoms with E-state index in [1.807, 2.05) is 19.1 Å². The van der Waals surface area contributed by atoms with Crippen LogP contribution in [0.25, 0.3) is 0 Å². The van der Waals surface area contributed by atoms with E-state index in [4.69, 9.17) is 11.6 Å². The maximum absolute atomic E-state index is 13.3. The van der Waals surface area contributed by atoms with E-state index in [9.17, 15) is 9.59 Å². The van der Waals surface area contributed by atoms with Crippen LogP contribution in [0.1, 0.15) is 25.5 Å². The number of nitrogens with zero attached hydrogens (tertiary/aromatic N) is 3. The molecule has 1 aromatic heterocycles. The number of aromatic nitrogens is 3. The number of amides is 2. The maximum atomic E-state index is 13.3. The minimum Gasteiger partial charge on any atom is -0.328 e. The van der Waals surface area contributed by atoms with Gasteiger partial charge in [-0.25, -0.2) is 4.68 Å². The molecule has 1 aliphatic rings. The van der Waals surface area contributed by atoms with Gasteiger partial charge >= 0.3 is 0 Å². The summed E-state index contributed by atoms with van der Waals surface area (Å²) in [6.45, 7) is 3.27. The third-order valence-corrected chi connectivity index (χ3v) is 5.04. The van der Waals surface area contributed by atoms with Crippen LogP contribution in [-0.2, 0) is 9.59 Å². The summed E-state index contributed by atoms with van der Waals surface area (Å²) in [6, 6.07) is 13.8. The SMILES string of the molecule is CC(=O)Nc1ccc(C2C(C(=O)Nc3ccccc3Cl)=C(C)Nc3ncnn32)cc1. The zero-order valence-corrected chi connectivity index (χ0v) is 17.1. The fraction of sp³-hybridized carbons (Fsp3) is 0.143. The van der Waals surface area contributed by atoms with Crippen molar-refractivity contribution < 1.29 is 9.59 Å². The maximum Gasteiger partial charge on any atom is 0.255 e. The molecule has 3 aromatic rings. The Hall–Kier alpha value is -3.65. The molecule has 0 bridgehead atoms. The first-order valence-corrected chi connectivity index (χ1v) is 9.62. The largest absolute Gasteiger partial charge is 0.328 e. The molecule has 2 amide bonds. The number of carbonyl (C=O) groups excluding carboxylic acids is 2. The van der Waals surface area contributed by atoms with Gasteiger partial charge in [-0.05, 0) is 36.8 Å². The molecule has 2 heterocycles. The molecule has 0 fully saturated rings. The average Bonchev–Trinajstić information content (AvgIpc) is 3.17. The molecule has 1 aliphatic heterocycles. The lowest BCUT2D eigenvalue weighted by atomic mass is 9.94. The quantitative estimate of drug-likeness (QED) is 0.593. The van der Waals surface area contributed by atoms with E-state index in [1.165, 1.54) is 13.3 Å². The lowest BCUT2D eigenvalue weighted by molar-refractivity contribution is -0.114. The van der Waals surface area contributed by atoms with Gasteiger partial charge in [0.1, 0.15) is 12.4 Å². The summed E-state index contributed by atoms with van der Waals surface area (Å²) in [5.41, 5.74) is 3.16. The van der Waals surface area contributed by atoms with Crippen molar-refractivity contribution in [2.45, 2.75) is 19.9 Å². The highest BCUT2D eigenvalue weighted by atomic mass is 35.5. The number of benzene rings is 2. The minimum atomic E-state index is -0.502. The van der Waals surface area contributed by atoms with Crippen LogP contribution in [0.5, 0.6) is 0 Å². The van der Waals surface area contributed by atoms with E-state index in [0.717, 1.165) is 5.56 Å². The second-order valence-corrected chi connectivity index (χ2v) is 7.24. The summed E-state index contributed by atoms with van der Waals surface area (Å²) in [5.74, 6) is 0.0849. The molecule has 0 aliphatic carbocycles. The Kier molecular flexibility index (Phi) is 5.24. The first-order valence-electron chi connectivity index (χ1n) is 9.25. The molecule has 30 heavy (non-hydrogen) atoms. The number of carbonyl (C=O) groups is 2. The van der Waals surface area contributed by atoms with Gasteiger partial charge in [0.2, 0.25) is 11.9 Å². The standard InChI is InChI=1S/C21H19ClN6O2/c1-12-18(20(30)27-17-6-4-3-5-16(17)22)19(28-21(25-12)23-11-24-28)14-7-9-15(10-8-14)26-13(2)29/h3-11,19H,1-2H3,(H,26,29)(H,27,30)(H,23,24,25). The normalized spacial score (nSPS) is 15.2. The highest BCUT2D eigenvalue weighted by Gasteiger charge is 2.33. The minimum absolute atomic E-state index is 0.154. The monoisotopic (exact) mass is 422 g/mol. The number of hydrogen-bond acceptors (Lipinski definition) is 5. The van der Waals surface area contributed by atoms with E-state index < -0.39 is 6.04 Å². The Bertz CT molecular complexity index is 1150. The van der Waals surface area contributed by atoms with Gasteiger partial charge in [0.25, 0.3) is 5.91 Å². The van der Waals surface area contributed by atoms with Crippen molar-refractivity contribution in [2.75, 3.05) is 16.0 Å². The molecule has 1 atom stereocenters.